The van der Waals surface area contributed by atoms with Crippen LogP contribution in [0.15, 0.2) is 22.8 Å². The van der Waals surface area contributed by atoms with Gasteiger partial charge in [0.2, 0.25) is 0 Å². The molecule has 4 heteroatoms. The zero-order valence-corrected chi connectivity index (χ0v) is 11.6. The van der Waals surface area contributed by atoms with Crippen LogP contribution < -0.4 is 5.32 Å². The average molecular weight is 297 g/mol. The third-order valence-corrected chi connectivity index (χ3v) is 3.87. The number of nitrogens with zero attached hydrogens (tertiary/aromatic N) is 1. The minimum Gasteiger partial charge on any atom is -0.316 e. The number of hydrogen-bond donors (Lipinski definition) is 1. The lowest BCUT2D eigenvalue weighted by molar-refractivity contribution is -0.128. The van der Waals surface area contributed by atoms with E-state index in [0.717, 1.165) is 36.1 Å². The van der Waals surface area contributed by atoms with Crippen molar-refractivity contribution in [2.45, 2.75) is 26.2 Å². The van der Waals surface area contributed by atoms with Crippen LogP contribution in [0, 0.1) is 5.41 Å². The van der Waals surface area contributed by atoms with Gasteiger partial charge in [-0.2, -0.15) is 0 Å². The average Bonchev–Trinajstić information content (AvgIpc) is 2.33. The fourth-order valence-corrected chi connectivity index (χ4v) is 2.42. The van der Waals surface area contributed by atoms with Crippen LogP contribution in [0.5, 0.6) is 0 Å². The third-order valence-electron chi connectivity index (χ3n) is 3.40. The normalized spacial score (nSPS) is 24.6. The van der Waals surface area contributed by atoms with E-state index in [4.69, 9.17) is 0 Å². The monoisotopic (exact) mass is 296 g/mol. The van der Waals surface area contributed by atoms with E-state index in [1.807, 2.05) is 12.1 Å². The molecule has 2 heterocycles. The van der Waals surface area contributed by atoms with Gasteiger partial charge in [0.25, 0.3) is 0 Å². The van der Waals surface area contributed by atoms with Crippen molar-refractivity contribution in [3.05, 3.63) is 28.5 Å². The van der Waals surface area contributed by atoms with Gasteiger partial charge < -0.3 is 5.32 Å². The summed E-state index contributed by atoms with van der Waals surface area (Å²) in [6.45, 7) is 3.88. The van der Waals surface area contributed by atoms with Crippen LogP contribution in [0.25, 0.3) is 0 Å². The van der Waals surface area contributed by atoms with Crippen molar-refractivity contribution in [1.29, 1.82) is 0 Å². The van der Waals surface area contributed by atoms with Crippen molar-refractivity contribution in [3.8, 4) is 0 Å². The molecule has 1 N–H and O–H groups in total. The lowest BCUT2D eigenvalue weighted by Gasteiger charge is -2.32. The predicted octanol–water partition coefficient (Wildman–Crippen LogP) is 2.35. The highest BCUT2D eigenvalue weighted by molar-refractivity contribution is 9.10. The Morgan fingerprint density at radius 1 is 1.59 bits per heavy atom. The second-order valence-corrected chi connectivity index (χ2v) is 5.82. The zero-order chi connectivity index (χ0) is 12.3. The van der Waals surface area contributed by atoms with Gasteiger partial charge in [0.05, 0.1) is 0 Å². The highest BCUT2D eigenvalue weighted by atomic mass is 79.9. The van der Waals surface area contributed by atoms with Crippen LogP contribution in [-0.2, 0) is 11.2 Å². The molecule has 0 spiro atoms. The summed E-state index contributed by atoms with van der Waals surface area (Å²) < 4.78 is 0.944. The number of rotatable bonds is 3. The molecule has 0 radical (unpaired) electrons. The van der Waals surface area contributed by atoms with E-state index < -0.39 is 0 Å². The summed E-state index contributed by atoms with van der Waals surface area (Å²) in [6, 6.07) is 3.83. The molecule has 0 amide bonds. The summed E-state index contributed by atoms with van der Waals surface area (Å²) in [6.07, 6.45) is 4.24. The molecule has 3 nitrogen and oxygen atoms in total. The summed E-state index contributed by atoms with van der Waals surface area (Å²) in [4.78, 5) is 16.5. The first kappa shape index (κ1) is 12.7. The molecule has 0 bridgehead atoms. The number of carbonyl (C=O) groups is 1. The lowest BCUT2D eigenvalue weighted by Crippen LogP contribution is -2.44. The van der Waals surface area contributed by atoms with Gasteiger partial charge in [0.1, 0.15) is 5.78 Å². The SMILES string of the molecule is CC1(C(=O)Cc2ccc(Br)cn2)CCCNC1. The van der Waals surface area contributed by atoms with Crippen molar-refractivity contribution in [2.24, 2.45) is 5.41 Å². The Balaban J connectivity index is 2.03. The minimum atomic E-state index is -0.215. The third kappa shape index (κ3) is 3.13. The van der Waals surface area contributed by atoms with E-state index in [1.165, 1.54) is 0 Å². The topological polar surface area (TPSA) is 42.0 Å². The minimum absolute atomic E-state index is 0.215. The molecule has 1 saturated heterocycles. The van der Waals surface area contributed by atoms with Gasteiger partial charge in [-0.3, -0.25) is 9.78 Å². The predicted molar refractivity (Wildman–Crippen MR) is 70.9 cm³/mol. The first-order valence-electron chi connectivity index (χ1n) is 5.95. The molecule has 1 atom stereocenters. The highest BCUT2D eigenvalue weighted by Gasteiger charge is 2.34. The van der Waals surface area contributed by atoms with E-state index in [9.17, 15) is 4.79 Å². The molecule has 17 heavy (non-hydrogen) atoms. The standard InChI is InChI=1S/C13H17BrN2O/c1-13(5-2-6-15-9-13)12(17)7-11-4-3-10(14)8-16-11/h3-4,8,15H,2,5-7,9H2,1H3. The van der Waals surface area contributed by atoms with Gasteiger partial charge in [-0.15, -0.1) is 0 Å². The largest absolute Gasteiger partial charge is 0.316 e. The van der Waals surface area contributed by atoms with Crippen LogP contribution in [0.4, 0.5) is 0 Å². The maximum atomic E-state index is 12.3. The van der Waals surface area contributed by atoms with E-state index in [0.29, 0.717) is 12.2 Å². The second kappa shape index (κ2) is 5.27. The lowest BCUT2D eigenvalue weighted by atomic mass is 9.77. The number of hydrogen-bond acceptors (Lipinski definition) is 3. The van der Waals surface area contributed by atoms with Gasteiger partial charge >= 0.3 is 0 Å². The van der Waals surface area contributed by atoms with Crippen LogP contribution in [0.1, 0.15) is 25.5 Å². The van der Waals surface area contributed by atoms with Gasteiger partial charge in [-0.05, 0) is 47.4 Å². The number of nitrogens with one attached hydrogen (secondary N) is 1. The first-order valence-corrected chi connectivity index (χ1v) is 6.74. The van der Waals surface area contributed by atoms with Crippen molar-refractivity contribution in [1.82, 2.24) is 10.3 Å². The highest BCUT2D eigenvalue weighted by Crippen LogP contribution is 2.27. The van der Waals surface area contributed by atoms with E-state index in [2.05, 4.69) is 33.2 Å². The summed E-state index contributed by atoms with van der Waals surface area (Å²) in [7, 11) is 0. The molecule has 1 aromatic heterocycles. The molecule has 0 aromatic carbocycles. The first-order chi connectivity index (χ1) is 8.10. The van der Waals surface area contributed by atoms with E-state index in [1.54, 1.807) is 6.20 Å². The Morgan fingerprint density at radius 3 is 3.00 bits per heavy atom. The van der Waals surface area contributed by atoms with Gasteiger partial charge in [0.15, 0.2) is 0 Å². The van der Waals surface area contributed by atoms with Crippen molar-refractivity contribution >= 4 is 21.7 Å². The summed E-state index contributed by atoms with van der Waals surface area (Å²) in [5, 5.41) is 3.30. The number of ketones is 1. The number of carbonyl (C=O) groups excluding carboxylic acids is 1. The Kier molecular flexibility index (Phi) is 3.94. The number of aromatic nitrogens is 1. The molecule has 0 saturated carbocycles. The molecule has 0 aliphatic carbocycles. The van der Waals surface area contributed by atoms with Crippen LogP contribution in [0.3, 0.4) is 0 Å². The van der Waals surface area contributed by atoms with E-state index in [-0.39, 0.29) is 5.41 Å². The Labute approximate surface area is 110 Å². The van der Waals surface area contributed by atoms with Crippen molar-refractivity contribution in [2.75, 3.05) is 13.1 Å². The fourth-order valence-electron chi connectivity index (χ4n) is 2.18. The maximum absolute atomic E-state index is 12.3. The quantitative estimate of drug-likeness (QED) is 0.931. The van der Waals surface area contributed by atoms with Gasteiger partial charge in [-0.1, -0.05) is 6.92 Å². The smallest absolute Gasteiger partial charge is 0.145 e. The number of Topliss-reactive ketones (excluding diaryl/α,β-unsaturated/α-hetero) is 1. The van der Waals surface area contributed by atoms with Crippen LogP contribution in [-0.4, -0.2) is 23.9 Å². The number of halogens is 1. The maximum Gasteiger partial charge on any atom is 0.145 e. The van der Waals surface area contributed by atoms with E-state index >= 15 is 0 Å². The Morgan fingerprint density at radius 2 is 2.41 bits per heavy atom. The summed E-state index contributed by atoms with van der Waals surface area (Å²) >= 11 is 3.34. The molecule has 1 aromatic rings. The molecule has 1 aliphatic heterocycles. The van der Waals surface area contributed by atoms with Crippen molar-refractivity contribution < 1.29 is 4.79 Å². The summed E-state index contributed by atoms with van der Waals surface area (Å²) in [5.74, 6) is 0.291. The zero-order valence-electron chi connectivity index (χ0n) is 10.0. The Hall–Kier alpha value is -0.740. The fraction of sp³-hybridized carbons (Fsp3) is 0.538. The molecule has 92 valence electrons. The second-order valence-electron chi connectivity index (χ2n) is 4.91. The number of piperidine rings is 1. The summed E-state index contributed by atoms with van der Waals surface area (Å²) in [5.41, 5.74) is 0.637. The van der Waals surface area contributed by atoms with Gasteiger partial charge in [-0.25, -0.2) is 0 Å². The molecule has 1 aliphatic rings. The van der Waals surface area contributed by atoms with Gasteiger partial charge in [0, 0.05) is 34.7 Å². The molecular weight excluding hydrogens is 280 g/mol. The molecule has 2 rings (SSSR count). The molecular formula is C13H17BrN2O. The van der Waals surface area contributed by atoms with Crippen molar-refractivity contribution in [3.63, 3.8) is 0 Å². The number of pyridine rings is 1. The molecule has 1 fully saturated rings. The van der Waals surface area contributed by atoms with Crippen LogP contribution >= 0.6 is 15.9 Å². The Bertz CT molecular complexity index is 396. The van der Waals surface area contributed by atoms with Crippen LogP contribution in [0.2, 0.25) is 0 Å². The molecule has 1 unspecified atom stereocenters.